The normalized spacial score (nSPS) is 10.1. The lowest BCUT2D eigenvalue weighted by Gasteiger charge is -2.13. The minimum Gasteiger partial charge on any atom is -0.490 e. The summed E-state index contributed by atoms with van der Waals surface area (Å²) in [6, 6.07) is 9.45. The van der Waals surface area contributed by atoms with E-state index in [1.54, 1.807) is 25.1 Å². The summed E-state index contributed by atoms with van der Waals surface area (Å²) >= 11 is 0. The predicted octanol–water partition coefficient (Wildman–Crippen LogP) is 3.37. The van der Waals surface area contributed by atoms with Crippen LogP contribution in [0, 0.1) is 6.92 Å². The van der Waals surface area contributed by atoms with Crippen molar-refractivity contribution in [2.75, 3.05) is 32.2 Å². The molecule has 0 aliphatic rings. The lowest BCUT2D eigenvalue weighted by Crippen LogP contribution is -2.21. The molecule has 0 spiro atoms. The van der Waals surface area contributed by atoms with Crippen LogP contribution in [0.15, 0.2) is 36.4 Å². The maximum absolute atomic E-state index is 12.3. The Balaban J connectivity index is 2.02. The van der Waals surface area contributed by atoms with Crippen molar-refractivity contribution < 1.29 is 33.3 Å². The first-order valence-electron chi connectivity index (χ1n) is 9.45. The second kappa shape index (κ2) is 10.8. The maximum atomic E-state index is 12.3. The molecule has 0 radical (unpaired) electrons. The van der Waals surface area contributed by atoms with E-state index in [0.717, 1.165) is 5.56 Å². The topological polar surface area (TPSA) is 100 Å². The Kier molecular flexibility index (Phi) is 8.22. The van der Waals surface area contributed by atoms with Gasteiger partial charge in [0.15, 0.2) is 18.1 Å². The molecular weight excluding hydrogens is 390 g/mol. The molecule has 8 nitrogen and oxygen atoms in total. The number of hydrogen-bond donors (Lipinski definition) is 1. The first kappa shape index (κ1) is 22.7. The fourth-order valence-corrected chi connectivity index (χ4v) is 2.58. The number of amides is 1. The first-order valence-corrected chi connectivity index (χ1v) is 9.45. The van der Waals surface area contributed by atoms with Crippen LogP contribution < -0.4 is 14.8 Å². The molecule has 0 unspecified atom stereocenters. The fourth-order valence-electron chi connectivity index (χ4n) is 2.58. The number of aryl methyl sites for hydroxylation is 1. The summed E-state index contributed by atoms with van der Waals surface area (Å²) in [7, 11) is 1.28. The van der Waals surface area contributed by atoms with Crippen LogP contribution >= 0.6 is 0 Å². The van der Waals surface area contributed by atoms with Crippen molar-refractivity contribution in [3.63, 3.8) is 0 Å². The Morgan fingerprint density at radius 1 is 0.867 bits per heavy atom. The van der Waals surface area contributed by atoms with Gasteiger partial charge in [0.1, 0.15) is 0 Å². The predicted molar refractivity (Wildman–Crippen MR) is 110 cm³/mol. The van der Waals surface area contributed by atoms with Gasteiger partial charge >= 0.3 is 11.9 Å². The van der Waals surface area contributed by atoms with Crippen molar-refractivity contribution in [1.29, 1.82) is 0 Å². The number of esters is 2. The summed E-state index contributed by atoms with van der Waals surface area (Å²) in [4.78, 5) is 36.2. The molecule has 8 heteroatoms. The van der Waals surface area contributed by atoms with E-state index >= 15 is 0 Å². The molecule has 1 N–H and O–H groups in total. The molecule has 2 aromatic carbocycles. The second-order valence-corrected chi connectivity index (χ2v) is 6.17. The number of methoxy groups -OCH3 is 1. The molecule has 0 aliphatic heterocycles. The van der Waals surface area contributed by atoms with E-state index in [1.165, 1.54) is 25.3 Å². The smallest absolute Gasteiger partial charge is 0.338 e. The number of benzene rings is 2. The first-order chi connectivity index (χ1) is 14.4. The van der Waals surface area contributed by atoms with Gasteiger partial charge in [-0.3, -0.25) is 4.79 Å². The number of carbonyl (C=O) groups excluding carboxylic acids is 3. The summed E-state index contributed by atoms with van der Waals surface area (Å²) in [5.41, 5.74) is 1.71. The van der Waals surface area contributed by atoms with Crippen LogP contribution in [0.5, 0.6) is 11.5 Å². The SMILES string of the molecule is CCOc1ccc(C(=O)OCC(=O)Nc2cc(C(=O)OC)ccc2C)cc1OCC. The van der Waals surface area contributed by atoms with Gasteiger partial charge in [0.25, 0.3) is 5.91 Å². The molecule has 0 heterocycles. The van der Waals surface area contributed by atoms with E-state index in [0.29, 0.717) is 36.0 Å². The van der Waals surface area contributed by atoms with Gasteiger partial charge in [-0.25, -0.2) is 9.59 Å². The molecule has 1 amide bonds. The van der Waals surface area contributed by atoms with Crippen LogP contribution in [0.3, 0.4) is 0 Å². The highest BCUT2D eigenvalue weighted by molar-refractivity contribution is 5.97. The minimum atomic E-state index is -0.672. The molecule has 0 aromatic heterocycles. The molecule has 0 saturated heterocycles. The fraction of sp³-hybridized carbons (Fsp3) is 0.318. The quantitative estimate of drug-likeness (QED) is 0.627. The molecule has 0 bridgehead atoms. The van der Waals surface area contributed by atoms with Crippen molar-refractivity contribution in [3.8, 4) is 11.5 Å². The van der Waals surface area contributed by atoms with Crippen LogP contribution in [0.1, 0.15) is 40.1 Å². The van der Waals surface area contributed by atoms with Crippen LogP contribution in [-0.2, 0) is 14.3 Å². The van der Waals surface area contributed by atoms with E-state index in [-0.39, 0.29) is 5.56 Å². The van der Waals surface area contributed by atoms with Gasteiger partial charge in [0.2, 0.25) is 0 Å². The molecular formula is C22H25NO7. The van der Waals surface area contributed by atoms with Crippen molar-refractivity contribution in [2.45, 2.75) is 20.8 Å². The Morgan fingerprint density at radius 2 is 1.50 bits per heavy atom. The number of rotatable bonds is 9. The van der Waals surface area contributed by atoms with E-state index < -0.39 is 24.5 Å². The monoisotopic (exact) mass is 415 g/mol. The standard InChI is InChI=1S/C22H25NO7/c1-5-28-18-10-9-16(12-19(18)29-6-2)22(26)30-13-20(24)23-17-11-15(21(25)27-4)8-7-14(17)3/h7-12H,5-6,13H2,1-4H3,(H,23,24). The minimum absolute atomic E-state index is 0.235. The van der Waals surface area contributed by atoms with Gasteiger partial charge in [-0.1, -0.05) is 6.07 Å². The van der Waals surface area contributed by atoms with Crippen molar-refractivity contribution >= 4 is 23.5 Å². The summed E-state index contributed by atoms with van der Waals surface area (Å²) in [6.07, 6.45) is 0. The molecule has 160 valence electrons. The van der Waals surface area contributed by atoms with Gasteiger partial charge in [0.05, 0.1) is 31.5 Å². The molecule has 0 saturated carbocycles. The average Bonchev–Trinajstić information content (AvgIpc) is 2.74. The average molecular weight is 415 g/mol. The van der Waals surface area contributed by atoms with E-state index in [1.807, 2.05) is 13.8 Å². The molecule has 0 fully saturated rings. The molecule has 30 heavy (non-hydrogen) atoms. The highest BCUT2D eigenvalue weighted by atomic mass is 16.5. The van der Waals surface area contributed by atoms with E-state index in [2.05, 4.69) is 10.1 Å². The van der Waals surface area contributed by atoms with E-state index in [9.17, 15) is 14.4 Å². The third kappa shape index (κ3) is 5.97. The number of ether oxygens (including phenoxy) is 4. The number of nitrogens with one attached hydrogen (secondary N) is 1. The van der Waals surface area contributed by atoms with Gasteiger partial charge in [-0.2, -0.15) is 0 Å². The summed E-state index contributed by atoms with van der Waals surface area (Å²) in [6.45, 7) is 5.82. The zero-order chi connectivity index (χ0) is 22.1. The van der Waals surface area contributed by atoms with Crippen LogP contribution in [0.4, 0.5) is 5.69 Å². The number of hydrogen-bond acceptors (Lipinski definition) is 7. The Morgan fingerprint density at radius 3 is 2.17 bits per heavy atom. The summed E-state index contributed by atoms with van der Waals surface area (Å²) < 4.78 is 20.7. The molecule has 2 rings (SSSR count). The van der Waals surface area contributed by atoms with Crippen molar-refractivity contribution in [2.24, 2.45) is 0 Å². The van der Waals surface area contributed by atoms with E-state index in [4.69, 9.17) is 14.2 Å². The third-order valence-electron chi connectivity index (χ3n) is 4.05. The van der Waals surface area contributed by atoms with Gasteiger partial charge in [-0.15, -0.1) is 0 Å². The lowest BCUT2D eigenvalue weighted by molar-refractivity contribution is -0.119. The highest BCUT2D eigenvalue weighted by Gasteiger charge is 2.15. The van der Waals surface area contributed by atoms with Crippen molar-refractivity contribution in [1.82, 2.24) is 0 Å². The highest BCUT2D eigenvalue weighted by Crippen LogP contribution is 2.28. The second-order valence-electron chi connectivity index (χ2n) is 6.17. The summed E-state index contributed by atoms with van der Waals surface area (Å²) in [5.74, 6) is -0.778. The lowest BCUT2D eigenvalue weighted by atomic mass is 10.1. The van der Waals surface area contributed by atoms with Gasteiger partial charge in [-0.05, 0) is 56.7 Å². The van der Waals surface area contributed by atoms with Gasteiger partial charge < -0.3 is 24.3 Å². The maximum Gasteiger partial charge on any atom is 0.338 e. The van der Waals surface area contributed by atoms with Crippen molar-refractivity contribution in [3.05, 3.63) is 53.1 Å². The Hall–Kier alpha value is -3.55. The van der Waals surface area contributed by atoms with Crippen LogP contribution in [0.25, 0.3) is 0 Å². The summed E-state index contributed by atoms with van der Waals surface area (Å²) in [5, 5.41) is 2.63. The molecule has 0 atom stereocenters. The molecule has 2 aromatic rings. The van der Waals surface area contributed by atoms with Gasteiger partial charge in [0, 0.05) is 5.69 Å². The molecule has 0 aliphatic carbocycles. The van der Waals surface area contributed by atoms with Crippen LogP contribution in [0.2, 0.25) is 0 Å². The number of anilines is 1. The zero-order valence-corrected chi connectivity index (χ0v) is 17.4. The van der Waals surface area contributed by atoms with Crippen LogP contribution in [-0.4, -0.2) is 44.8 Å². The third-order valence-corrected chi connectivity index (χ3v) is 4.05. The zero-order valence-electron chi connectivity index (χ0n) is 17.4. The Labute approximate surface area is 175 Å². The largest absolute Gasteiger partial charge is 0.490 e. The number of carbonyl (C=O) groups is 3. The Bertz CT molecular complexity index is 924.